The van der Waals surface area contributed by atoms with Gasteiger partial charge >= 0.3 is 5.97 Å². The number of nitrogens with one attached hydrogen (secondary N) is 1. The highest BCUT2D eigenvalue weighted by Gasteiger charge is 2.21. The van der Waals surface area contributed by atoms with Gasteiger partial charge in [0, 0.05) is 11.3 Å². The van der Waals surface area contributed by atoms with Crippen LogP contribution in [0.1, 0.15) is 52.9 Å². The Kier molecular flexibility index (Phi) is 3.29. The van der Waals surface area contributed by atoms with E-state index >= 15 is 0 Å². The highest BCUT2D eigenvalue weighted by Crippen LogP contribution is 2.21. The molecular weight excluding hydrogens is 194 g/mol. The highest BCUT2D eigenvalue weighted by molar-refractivity contribution is 6.00. The predicted molar refractivity (Wildman–Crippen MR) is 56.5 cm³/mol. The lowest BCUT2D eigenvalue weighted by Gasteiger charge is -1.99. The summed E-state index contributed by atoms with van der Waals surface area (Å²) in [5.41, 5.74) is 2.04. The minimum atomic E-state index is -1.01. The molecule has 0 unspecified atom stereocenters. The first kappa shape index (κ1) is 11.5. The zero-order valence-corrected chi connectivity index (χ0v) is 9.18. The number of aromatic carboxylic acids is 1. The van der Waals surface area contributed by atoms with Gasteiger partial charge in [0.2, 0.25) is 0 Å². The van der Waals surface area contributed by atoms with E-state index in [2.05, 4.69) is 4.98 Å². The van der Waals surface area contributed by atoms with Gasteiger partial charge in [-0.25, -0.2) is 4.79 Å². The fourth-order valence-corrected chi connectivity index (χ4v) is 1.82. The standard InChI is InChI=1S/C11H15NO3/c1-4-7-9(6(3)13)8(5-2)12-10(7)11(14)15/h12H,4-5H2,1-3H3,(H,14,15). The summed E-state index contributed by atoms with van der Waals surface area (Å²) >= 11 is 0. The SMILES string of the molecule is CCc1[nH]c(C(=O)O)c(CC)c1C(C)=O. The Hall–Kier alpha value is -1.58. The Morgan fingerprint density at radius 2 is 1.87 bits per heavy atom. The van der Waals surface area contributed by atoms with Crippen LogP contribution in [-0.4, -0.2) is 21.8 Å². The second kappa shape index (κ2) is 4.29. The lowest BCUT2D eigenvalue weighted by molar-refractivity contribution is 0.0690. The maximum Gasteiger partial charge on any atom is 0.352 e. The molecule has 1 rings (SSSR count). The monoisotopic (exact) mass is 209 g/mol. The summed E-state index contributed by atoms with van der Waals surface area (Å²) in [6, 6.07) is 0. The molecule has 1 aromatic heterocycles. The van der Waals surface area contributed by atoms with Crippen molar-refractivity contribution in [2.24, 2.45) is 0 Å². The molecule has 0 aliphatic rings. The maximum atomic E-state index is 11.4. The smallest absolute Gasteiger partial charge is 0.352 e. The molecule has 0 saturated carbocycles. The van der Waals surface area contributed by atoms with Crippen LogP contribution < -0.4 is 0 Å². The van der Waals surface area contributed by atoms with Crippen LogP contribution in [0.5, 0.6) is 0 Å². The number of Topliss-reactive ketones (excluding diaryl/α,β-unsaturated/α-hetero) is 1. The Morgan fingerprint density at radius 3 is 2.20 bits per heavy atom. The molecule has 15 heavy (non-hydrogen) atoms. The largest absolute Gasteiger partial charge is 0.477 e. The lowest BCUT2D eigenvalue weighted by Crippen LogP contribution is -2.03. The first-order valence-corrected chi connectivity index (χ1v) is 5.00. The van der Waals surface area contributed by atoms with Crippen molar-refractivity contribution in [1.82, 2.24) is 4.98 Å². The molecule has 1 aromatic rings. The number of aryl methyl sites for hydroxylation is 1. The minimum Gasteiger partial charge on any atom is -0.477 e. The van der Waals surface area contributed by atoms with Crippen LogP contribution in [0.3, 0.4) is 0 Å². The molecule has 0 atom stereocenters. The fraction of sp³-hybridized carbons (Fsp3) is 0.455. The first-order valence-electron chi connectivity index (χ1n) is 5.00. The van der Waals surface area contributed by atoms with Crippen molar-refractivity contribution in [3.05, 3.63) is 22.5 Å². The molecular formula is C11H15NO3. The van der Waals surface area contributed by atoms with Crippen LogP contribution >= 0.6 is 0 Å². The van der Waals surface area contributed by atoms with E-state index in [4.69, 9.17) is 5.11 Å². The normalized spacial score (nSPS) is 10.3. The highest BCUT2D eigenvalue weighted by atomic mass is 16.4. The number of carbonyl (C=O) groups is 2. The van der Waals surface area contributed by atoms with E-state index in [9.17, 15) is 9.59 Å². The lowest BCUT2D eigenvalue weighted by atomic mass is 10.0. The van der Waals surface area contributed by atoms with Gasteiger partial charge in [0.25, 0.3) is 0 Å². The maximum absolute atomic E-state index is 11.4. The Bertz CT molecular complexity index is 404. The first-order chi connectivity index (χ1) is 7.02. The van der Waals surface area contributed by atoms with Crippen molar-refractivity contribution >= 4 is 11.8 Å². The summed E-state index contributed by atoms with van der Waals surface area (Å²) in [6.07, 6.45) is 1.18. The summed E-state index contributed by atoms with van der Waals surface area (Å²) < 4.78 is 0. The van der Waals surface area contributed by atoms with Crippen molar-refractivity contribution in [3.63, 3.8) is 0 Å². The Labute approximate surface area is 88.3 Å². The molecule has 0 aliphatic carbocycles. The van der Waals surface area contributed by atoms with Crippen LogP contribution in [-0.2, 0) is 12.8 Å². The molecule has 0 amide bonds. The number of carbonyl (C=O) groups excluding carboxylic acids is 1. The van der Waals surface area contributed by atoms with E-state index in [1.54, 1.807) is 0 Å². The number of aromatic nitrogens is 1. The van der Waals surface area contributed by atoms with E-state index in [1.807, 2.05) is 13.8 Å². The van der Waals surface area contributed by atoms with Crippen LogP contribution in [0.25, 0.3) is 0 Å². The minimum absolute atomic E-state index is 0.0764. The number of aromatic amines is 1. The molecule has 0 radical (unpaired) electrons. The van der Waals surface area contributed by atoms with E-state index in [0.29, 0.717) is 24.0 Å². The third-order valence-corrected chi connectivity index (χ3v) is 2.45. The van der Waals surface area contributed by atoms with E-state index in [0.717, 1.165) is 5.69 Å². The van der Waals surface area contributed by atoms with Crippen LogP contribution in [0.4, 0.5) is 0 Å². The summed E-state index contributed by atoms with van der Waals surface area (Å²) in [5, 5.41) is 8.97. The molecule has 0 aromatic carbocycles. The molecule has 0 fully saturated rings. The van der Waals surface area contributed by atoms with Crippen molar-refractivity contribution in [2.45, 2.75) is 33.6 Å². The summed E-state index contributed by atoms with van der Waals surface area (Å²) in [5.74, 6) is -1.08. The topological polar surface area (TPSA) is 70.2 Å². The quantitative estimate of drug-likeness (QED) is 0.745. The Morgan fingerprint density at radius 1 is 1.27 bits per heavy atom. The number of hydrogen-bond donors (Lipinski definition) is 2. The number of ketones is 1. The van der Waals surface area contributed by atoms with Gasteiger partial charge < -0.3 is 10.1 Å². The number of rotatable bonds is 4. The van der Waals surface area contributed by atoms with Gasteiger partial charge in [0.15, 0.2) is 5.78 Å². The van der Waals surface area contributed by atoms with Crippen molar-refractivity contribution < 1.29 is 14.7 Å². The fourth-order valence-electron chi connectivity index (χ4n) is 1.82. The van der Waals surface area contributed by atoms with Crippen LogP contribution in [0.2, 0.25) is 0 Å². The second-order valence-electron chi connectivity index (χ2n) is 3.40. The van der Waals surface area contributed by atoms with Crippen molar-refractivity contribution in [1.29, 1.82) is 0 Å². The van der Waals surface area contributed by atoms with Crippen LogP contribution in [0.15, 0.2) is 0 Å². The van der Waals surface area contributed by atoms with E-state index < -0.39 is 5.97 Å². The van der Waals surface area contributed by atoms with E-state index in [1.165, 1.54) is 6.92 Å². The number of hydrogen-bond acceptors (Lipinski definition) is 2. The zero-order valence-electron chi connectivity index (χ0n) is 9.18. The van der Waals surface area contributed by atoms with Gasteiger partial charge in [-0.3, -0.25) is 4.79 Å². The van der Waals surface area contributed by atoms with E-state index in [-0.39, 0.29) is 11.5 Å². The van der Waals surface area contributed by atoms with Gasteiger partial charge in [0.05, 0.1) is 0 Å². The van der Waals surface area contributed by atoms with Crippen molar-refractivity contribution in [2.75, 3.05) is 0 Å². The molecule has 4 nitrogen and oxygen atoms in total. The van der Waals surface area contributed by atoms with Gasteiger partial charge in [-0.05, 0) is 25.3 Å². The molecule has 0 spiro atoms. The summed E-state index contributed by atoms with van der Waals surface area (Å²) in [6.45, 7) is 5.21. The number of carboxylic acids is 1. The van der Waals surface area contributed by atoms with Gasteiger partial charge in [-0.1, -0.05) is 13.8 Å². The molecule has 0 saturated heterocycles. The third kappa shape index (κ3) is 1.93. The molecule has 1 heterocycles. The molecule has 4 heteroatoms. The summed E-state index contributed by atoms with van der Waals surface area (Å²) in [7, 11) is 0. The third-order valence-electron chi connectivity index (χ3n) is 2.45. The van der Waals surface area contributed by atoms with Crippen LogP contribution in [0, 0.1) is 0 Å². The number of H-pyrrole nitrogens is 1. The molecule has 2 N–H and O–H groups in total. The molecule has 0 aliphatic heterocycles. The molecule has 82 valence electrons. The predicted octanol–water partition coefficient (Wildman–Crippen LogP) is 2.04. The van der Waals surface area contributed by atoms with Gasteiger partial charge in [-0.15, -0.1) is 0 Å². The average molecular weight is 209 g/mol. The van der Waals surface area contributed by atoms with Gasteiger partial charge in [-0.2, -0.15) is 0 Å². The summed E-state index contributed by atoms with van der Waals surface area (Å²) in [4.78, 5) is 25.2. The molecule has 0 bridgehead atoms. The van der Waals surface area contributed by atoms with Gasteiger partial charge in [0.1, 0.15) is 5.69 Å². The average Bonchev–Trinajstić information content (AvgIpc) is 2.55. The second-order valence-corrected chi connectivity index (χ2v) is 3.40. The van der Waals surface area contributed by atoms with Crippen molar-refractivity contribution in [3.8, 4) is 0 Å². The Balaban J connectivity index is 3.45. The zero-order chi connectivity index (χ0) is 11.6. The number of carboxylic acid groups (broad SMARTS) is 1.